The molecule has 0 saturated carbocycles. The Balaban J connectivity index is 2.97. The Morgan fingerprint density at radius 2 is 1.59 bits per heavy atom. The monoisotopic (exact) mass is 323 g/mol. The summed E-state index contributed by atoms with van der Waals surface area (Å²) < 4.78 is 5.64. The highest BCUT2D eigenvalue weighted by atomic mass is 28.3. The fourth-order valence-electron chi connectivity index (χ4n) is 3.55. The number of ether oxygens (including phenoxy) is 1. The number of hydrogen-bond acceptors (Lipinski definition) is 3. The van der Waals surface area contributed by atoms with Crippen LogP contribution >= 0.6 is 0 Å². The van der Waals surface area contributed by atoms with Gasteiger partial charge in [-0.1, -0.05) is 60.5 Å². The van der Waals surface area contributed by atoms with Crippen LogP contribution in [-0.2, 0) is 9.57 Å². The zero-order valence-electron chi connectivity index (χ0n) is 15.6. The lowest BCUT2D eigenvalue weighted by atomic mass is 9.89. The van der Waals surface area contributed by atoms with Gasteiger partial charge in [0.15, 0.2) is 6.61 Å². The molecule has 0 saturated heterocycles. The molecule has 1 aliphatic heterocycles. The van der Waals surface area contributed by atoms with E-state index in [0.29, 0.717) is 35.7 Å². The van der Waals surface area contributed by atoms with Crippen molar-refractivity contribution < 1.29 is 9.57 Å². The summed E-state index contributed by atoms with van der Waals surface area (Å²) in [4.78, 5) is 5.15. The molecule has 0 spiro atoms. The van der Waals surface area contributed by atoms with Crippen molar-refractivity contribution in [3.63, 3.8) is 0 Å². The van der Waals surface area contributed by atoms with Crippen molar-refractivity contribution >= 4 is 14.0 Å². The van der Waals surface area contributed by atoms with Crippen molar-refractivity contribution in [3.8, 4) is 11.5 Å². The molecule has 0 fully saturated rings. The summed E-state index contributed by atoms with van der Waals surface area (Å²) in [5, 5.41) is 4.06. The van der Waals surface area contributed by atoms with Crippen molar-refractivity contribution in [1.82, 2.24) is 0 Å². The van der Waals surface area contributed by atoms with E-state index in [1.165, 1.54) is 0 Å². The highest BCUT2D eigenvalue weighted by Gasteiger charge is 2.41. The highest BCUT2D eigenvalue weighted by Crippen LogP contribution is 2.41. The van der Waals surface area contributed by atoms with Gasteiger partial charge in [0, 0.05) is 6.42 Å². The molecular weight excluding hydrogens is 290 g/mol. The van der Waals surface area contributed by atoms with Crippen LogP contribution in [0.4, 0.5) is 0 Å². The van der Waals surface area contributed by atoms with Gasteiger partial charge in [0.25, 0.3) is 0 Å². The van der Waals surface area contributed by atoms with Crippen molar-refractivity contribution in [2.24, 2.45) is 10.6 Å². The molecule has 0 amide bonds. The molecule has 0 aromatic rings. The van der Waals surface area contributed by atoms with Crippen molar-refractivity contribution in [2.45, 2.75) is 78.4 Å². The van der Waals surface area contributed by atoms with Gasteiger partial charge in [-0.15, -0.1) is 11.5 Å². The zero-order valence-corrected chi connectivity index (χ0v) is 16.6. The Kier molecular flexibility index (Phi) is 6.55. The number of nitrogens with zero attached hydrogens (tertiary/aromatic N) is 1. The van der Waals surface area contributed by atoms with E-state index < -0.39 is 8.07 Å². The van der Waals surface area contributed by atoms with Gasteiger partial charge in [0.05, 0.1) is 5.41 Å². The molecular formula is C18H33NO2Si. The van der Waals surface area contributed by atoms with Crippen LogP contribution in [0.15, 0.2) is 5.16 Å². The normalized spacial score (nSPS) is 16.0. The molecule has 4 heteroatoms. The molecule has 22 heavy (non-hydrogen) atoms. The molecule has 3 nitrogen and oxygen atoms in total. The summed E-state index contributed by atoms with van der Waals surface area (Å²) >= 11 is 0. The minimum absolute atomic E-state index is 0.196. The molecule has 0 aromatic heterocycles. The highest BCUT2D eigenvalue weighted by molar-refractivity contribution is 6.90. The summed E-state index contributed by atoms with van der Waals surface area (Å²) in [6, 6.07) is 0. The molecule has 126 valence electrons. The minimum Gasteiger partial charge on any atom is -0.474 e. The predicted octanol–water partition coefficient (Wildman–Crippen LogP) is 4.98. The molecule has 0 aliphatic carbocycles. The van der Waals surface area contributed by atoms with Crippen LogP contribution in [0.5, 0.6) is 0 Å². The topological polar surface area (TPSA) is 30.8 Å². The lowest BCUT2D eigenvalue weighted by Gasteiger charge is -2.38. The zero-order chi connectivity index (χ0) is 17.0. The van der Waals surface area contributed by atoms with E-state index in [1.54, 1.807) is 0 Å². The molecule has 1 heterocycles. The molecule has 0 N–H and O–H groups in total. The van der Waals surface area contributed by atoms with E-state index in [0.717, 1.165) is 6.42 Å². The van der Waals surface area contributed by atoms with Crippen LogP contribution in [0.2, 0.25) is 16.6 Å². The molecule has 1 rings (SSSR count). The van der Waals surface area contributed by atoms with Gasteiger partial charge in [0.2, 0.25) is 5.90 Å². The Bertz CT molecular complexity index is 434. The quantitative estimate of drug-likeness (QED) is 0.527. The Morgan fingerprint density at radius 3 is 2.00 bits per heavy atom. The maximum absolute atomic E-state index is 5.64. The largest absolute Gasteiger partial charge is 0.474 e. The van der Waals surface area contributed by atoms with Crippen LogP contribution < -0.4 is 0 Å². The first-order chi connectivity index (χ1) is 10.1. The predicted molar refractivity (Wildman–Crippen MR) is 96.6 cm³/mol. The standard InChI is InChI=1S/C18H33NO2Si/c1-14(2)22(15(3)4,16(5)6)13-9-10-18(7,8)17-19-21-12-11-20-17/h14-16H,10-12H2,1-8H3. The van der Waals surface area contributed by atoms with Gasteiger partial charge in [-0.25, -0.2) is 0 Å². The van der Waals surface area contributed by atoms with E-state index in [1.807, 2.05) is 0 Å². The molecule has 0 radical (unpaired) electrons. The minimum atomic E-state index is -1.65. The molecule has 0 unspecified atom stereocenters. The third kappa shape index (κ3) is 4.07. The van der Waals surface area contributed by atoms with Crippen LogP contribution in [0.25, 0.3) is 0 Å². The number of hydrogen-bond donors (Lipinski definition) is 0. The van der Waals surface area contributed by atoms with Gasteiger partial charge < -0.3 is 9.57 Å². The molecule has 0 bridgehead atoms. The van der Waals surface area contributed by atoms with Crippen molar-refractivity contribution in [2.75, 3.05) is 13.2 Å². The van der Waals surface area contributed by atoms with Gasteiger partial charge in [-0.2, -0.15) is 0 Å². The fraction of sp³-hybridized carbons (Fsp3) is 0.833. The third-order valence-electron chi connectivity index (χ3n) is 4.84. The van der Waals surface area contributed by atoms with Gasteiger partial charge >= 0.3 is 0 Å². The van der Waals surface area contributed by atoms with E-state index >= 15 is 0 Å². The molecule has 1 aliphatic rings. The van der Waals surface area contributed by atoms with Crippen molar-refractivity contribution in [1.29, 1.82) is 0 Å². The average molecular weight is 324 g/mol. The second-order valence-electron chi connectivity index (χ2n) is 7.84. The van der Waals surface area contributed by atoms with Gasteiger partial charge in [-0.05, 0) is 16.6 Å². The summed E-state index contributed by atoms with van der Waals surface area (Å²) in [7, 11) is -1.65. The van der Waals surface area contributed by atoms with Crippen LogP contribution in [0.3, 0.4) is 0 Å². The lowest BCUT2D eigenvalue weighted by molar-refractivity contribution is 0.0517. The van der Waals surface area contributed by atoms with E-state index in [9.17, 15) is 0 Å². The SMILES string of the molecule is CC(C)[Si](C#CCC(C)(C)C1=NOCCO1)(C(C)C)C(C)C. The first-order valence-corrected chi connectivity index (χ1v) is 10.7. The first-order valence-electron chi connectivity index (χ1n) is 8.47. The third-order valence-corrected chi connectivity index (χ3v) is 11.2. The van der Waals surface area contributed by atoms with Crippen LogP contribution in [-0.4, -0.2) is 27.2 Å². The second-order valence-corrected chi connectivity index (χ2v) is 13.4. The Labute approximate surface area is 137 Å². The Morgan fingerprint density at radius 1 is 1.05 bits per heavy atom. The fourth-order valence-corrected chi connectivity index (χ4v) is 8.81. The van der Waals surface area contributed by atoms with E-state index in [4.69, 9.17) is 9.57 Å². The van der Waals surface area contributed by atoms with E-state index in [2.05, 4.69) is 72.0 Å². The second kappa shape index (κ2) is 7.54. The Hall–Kier alpha value is -0.953. The van der Waals surface area contributed by atoms with Gasteiger partial charge in [-0.3, -0.25) is 0 Å². The maximum atomic E-state index is 5.64. The summed E-state index contributed by atoms with van der Waals surface area (Å²) in [5.74, 6) is 4.18. The average Bonchev–Trinajstić information content (AvgIpc) is 2.43. The van der Waals surface area contributed by atoms with Crippen LogP contribution in [0.1, 0.15) is 61.8 Å². The number of oxime groups is 1. The van der Waals surface area contributed by atoms with Crippen LogP contribution in [0, 0.1) is 16.9 Å². The van der Waals surface area contributed by atoms with Gasteiger partial charge in [0.1, 0.15) is 14.7 Å². The molecule has 0 aromatic carbocycles. The first kappa shape index (κ1) is 19.1. The summed E-state index contributed by atoms with van der Waals surface area (Å²) in [6.07, 6.45) is 0.760. The summed E-state index contributed by atoms with van der Waals surface area (Å²) in [6.45, 7) is 19.4. The lowest BCUT2D eigenvalue weighted by Crippen LogP contribution is -2.43. The molecule has 0 atom stereocenters. The van der Waals surface area contributed by atoms with E-state index in [-0.39, 0.29) is 5.41 Å². The maximum Gasteiger partial charge on any atom is 0.232 e. The number of rotatable bonds is 5. The summed E-state index contributed by atoms with van der Waals surface area (Å²) in [5.41, 5.74) is 5.55. The van der Waals surface area contributed by atoms with Crippen molar-refractivity contribution in [3.05, 3.63) is 0 Å². The smallest absolute Gasteiger partial charge is 0.232 e.